The maximum absolute atomic E-state index is 9.72. The average molecular weight is 378 g/mol. The molecule has 0 saturated heterocycles. The van der Waals surface area contributed by atoms with Crippen LogP contribution in [0.5, 0.6) is 17.4 Å². The number of fused-ring (bicyclic) bond motifs is 1. The van der Waals surface area contributed by atoms with Gasteiger partial charge in [0.1, 0.15) is 34.7 Å². The number of nitrogens with zero attached hydrogens (tertiary/aromatic N) is 2. The van der Waals surface area contributed by atoms with Gasteiger partial charge in [-0.25, -0.2) is 0 Å². The van der Waals surface area contributed by atoms with Crippen molar-refractivity contribution in [3.8, 4) is 34.7 Å². The van der Waals surface area contributed by atoms with Crippen LogP contribution in [0.25, 0.3) is 11.3 Å². The molecule has 0 amide bonds. The highest BCUT2D eigenvalue weighted by Gasteiger charge is 2.38. The molecule has 0 saturated carbocycles. The van der Waals surface area contributed by atoms with Crippen molar-refractivity contribution in [3.05, 3.63) is 58.9 Å². The number of rotatable bonds is 4. The molecular formula is C20H18N4O4. The number of nitriles is 1. The van der Waals surface area contributed by atoms with Gasteiger partial charge in [-0.3, -0.25) is 5.10 Å². The van der Waals surface area contributed by atoms with Crippen molar-refractivity contribution in [2.75, 3.05) is 14.2 Å². The molecular weight excluding hydrogens is 360 g/mol. The van der Waals surface area contributed by atoms with Crippen LogP contribution in [0.4, 0.5) is 0 Å². The number of aromatic amines is 1. The van der Waals surface area contributed by atoms with E-state index >= 15 is 0 Å². The lowest BCUT2D eigenvalue weighted by Crippen LogP contribution is -2.20. The van der Waals surface area contributed by atoms with Gasteiger partial charge in [0.15, 0.2) is 0 Å². The molecule has 1 aliphatic heterocycles. The normalized spacial score (nSPS) is 15.6. The minimum absolute atomic E-state index is 0.00436. The molecule has 3 N–H and O–H groups in total. The Balaban J connectivity index is 1.97. The zero-order valence-electron chi connectivity index (χ0n) is 15.6. The van der Waals surface area contributed by atoms with Crippen LogP contribution in [0.3, 0.4) is 0 Å². The summed E-state index contributed by atoms with van der Waals surface area (Å²) < 4.78 is 22.3. The molecule has 8 nitrogen and oxygen atoms in total. The fourth-order valence-corrected chi connectivity index (χ4v) is 3.35. The molecule has 1 atom stereocenters. The van der Waals surface area contributed by atoms with Gasteiger partial charge in [0.25, 0.3) is 0 Å². The zero-order valence-corrected chi connectivity index (χ0v) is 15.6. The lowest BCUT2D eigenvalue weighted by Gasteiger charge is -2.22. The number of H-pyrrole nitrogens is 1. The first-order valence-corrected chi connectivity index (χ1v) is 8.52. The summed E-state index contributed by atoms with van der Waals surface area (Å²) in [6, 6.07) is 11.2. The number of benzene rings is 1. The van der Waals surface area contributed by atoms with Crippen LogP contribution in [-0.4, -0.2) is 24.4 Å². The number of hydrogen-bond acceptors (Lipinski definition) is 7. The van der Waals surface area contributed by atoms with E-state index in [9.17, 15) is 5.26 Å². The Morgan fingerprint density at radius 1 is 1.21 bits per heavy atom. The number of allylic oxidation sites excluding steroid dienone is 1. The third kappa shape index (κ3) is 2.65. The van der Waals surface area contributed by atoms with Crippen molar-refractivity contribution in [1.82, 2.24) is 10.2 Å². The quantitative estimate of drug-likeness (QED) is 0.715. The predicted octanol–water partition coefficient (Wildman–Crippen LogP) is 3.21. The monoisotopic (exact) mass is 378 g/mol. The van der Waals surface area contributed by atoms with Crippen LogP contribution in [0.1, 0.15) is 23.0 Å². The van der Waals surface area contributed by atoms with E-state index in [0.717, 1.165) is 5.76 Å². The van der Waals surface area contributed by atoms with Crippen LogP contribution >= 0.6 is 0 Å². The van der Waals surface area contributed by atoms with E-state index in [1.165, 1.54) is 0 Å². The number of nitrogens with one attached hydrogen (secondary N) is 1. The molecule has 0 radical (unpaired) electrons. The average Bonchev–Trinajstić information content (AvgIpc) is 3.32. The molecule has 2 aromatic heterocycles. The van der Waals surface area contributed by atoms with Crippen LogP contribution in [0, 0.1) is 18.3 Å². The number of aromatic nitrogens is 2. The lowest BCUT2D eigenvalue weighted by atomic mass is 9.86. The molecule has 0 unspecified atom stereocenters. The van der Waals surface area contributed by atoms with E-state index in [1.807, 2.05) is 25.1 Å². The Hall–Kier alpha value is -3.86. The molecule has 0 spiro atoms. The molecule has 142 valence electrons. The maximum Gasteiger partial charge on any atom is 0.244 e. The summed E-state index contributed by atoms with van der Waals surface area (Å²) in [6.45, 7) is 1.84. The highest BCUT2D eigenvalue weighted by molar-refractivity contribution is 5.76. The second-order valence-corrected chi connectivity index (χ2v) is 6.26. The van der Waals surface area contributed by atoms with Gasteiger partial charge in [-0.05, 0) is 37.3 Å². The second-order valence-electron chi connectivity index (χ2n) is 6.26. The van der Waals surface area contributed by atoms with Gasteiger partial charge in [-0.15, -0.1) is 5.10 Å². The van der Waals surface area contributed by atoms with Gasteiger partial charge in [-0.2, -0.15) is 5.26 Å². The Bertz CT molecular complexity index is 1120. The summed E-state index contributed by atoms with van der Waals surface area (Å²) in [7, 11) is 3.17. The van der Waals surface area contributed by atoms with E-state index in [2.05, 4.69) is 16.3 Å². The molecule has 8 heteroatoms. The highest BCUT2D eigenvalue weighted by Crippen LogP contribution is 2.47. The van der Waals surface area contributed by atoms with Crippen molar-refractivity contribution < 1.29 is 18.6 Å². The van der Waals surface area contributed by atoms with Gasteiger partial charge < -0.3 is 24.4 Å². The Kier molecular flexibility index (Phi) is 4.20. The third-order valence-electron chi connectivity index (χ3n) is 4.66. The summed E-state index contributed by atoms with van der Waals surface area (Å²) in [5.41, 5.74) is 8.23. The first kappa shape index (κ1) is 17.5. The topological polar surface area (TPSA) is 119 Å². The van der Waals surface area contributed by atoms with Crippen LogP contribution < -0.4 is 19.9 Å². The van der Waals surface area contributed by atoms with Crippen molar-refractivity contribution in [3.63, 3.8) is 0 Å². The zero-order chi connectivity index (χ0) is 19.8. The SMILES string of the molecule is COc1ccc(OC)c(-c2[nH]nc3c2[C@@H](c2ccc(C)o2)C(C#N)=C(N)O3)c1. The van der Waals surface area contributed by atoms with Gasteiger partial charge >= 0.3 is 0 Å². The van der Waals surface area contributed by atoms with Crippen LogP contribution in [0.15, 0.2) is 46.2 Å². The Morgan fingerprint density at radius 3 is 2.68 bits per heavy atom. The molecule has 3 heterocycles. The van der Waals surface area contributed by atoms with Crippen molar-refractivity contribution in [1.29, 1.82) is 5.26 Å². The van der Waals surface area contributed by atoms with Gasteiger partial charge in [0.2, 0.25) is 11.8 Å². The summed E-state index contributed by atoms with van der Waals surface area (Å²) in [5.74, 6) is 2.29. The number of nitrogens with two attached hydrogens (primary N) is 1. The smallest absolute Gasteiger partial charge is 0.244 e. The molecule has 1 aromatic carbocycles. The molecule has 28 heavy (non-hydrogen) atoms. The van der Waals surface area contributed by atoms with Gasteiger partial charge in [0.05, 0.1) is 31.4 Å². The van der Waals surface area contributed by atoms with E-state index in [1.54, 1.807) is 26.4 Å². The van der Waals surface area contributed by atoms with E-state index in [4.69, 9.17) is 24.4 Å². The number of methoxy groups -OCH3 is 2. The Morgan fingerprint density at radius 2 is 2.04 bits per heavy atom. The molecule has 3 aromatic rings. The summed E-state index contributed by atoms with van der Waals surface area (Å²) in [5, 5.41) is 17.0. The summed E-state index contributed by atoms with van der Waals surface area (Å²) in [4.78, 5) is 0. The number of ether oxygens (including phenoxy) is 3. The predicted molar refractivity (Wildman–Crippen MR) is 99.9 cm³/mol. The number of aryl methyl sites for hydroxylation is 1. The van der Waals surface area contributed by atoms with Gasteiger partial charge in [0, 0.05) is 5.56 Å². The molecule has 1 aliphatic rings. The van der Waals surface area contributed by atoms with Crippen molar-refractivity contribution in [2.24, 2.45) is 5.73 Å². The van der Waals surface area contributed by atoms with Crippen LogP contribution in [0.2, 0.25) is 0 Å². The largest absolute Gasteiger partial charge is 0.497 e. The maximum atomic E-state index is 9.72. The first-order valence-electron chi connectivity index (χ1n) is 8.52. The fraction of sp³-hybridized carbons (Fsp3) is 0.200. The highest BCUT2D eigenvalue weighted by atomic mass is 16.5. The van der Waals surface area contributed by atoms with E-state index in [0.29, 0.717) is 34.1 Å². The van der Waals surface area contributed by atoms with Gasteiger partial charge in [-0.1, -0.05) is 0 Å². The third-order valence-corrected chi connectivity index (χ3v) is 4.66. The number of hydrogen-bond donors (Lipinski definition) is 2. The second kappa shape index (κ2) is 6.70. The van der Waals surface area contributed by atoms with Crippen molar-refractivity contribution >= 4 is 0 Å². The molecule has 0 bridgehead atoms. The number of furan rings is 1. The lowest BCUT2D eigenvalue weighted by molar-refractivity contribution is 0.369. The van der Waals surface area contributed by atoms with E-state index < -0.39 is 5.92 Å². The van der Waals surface area contributed by atoms with Crippen molar-refractivity contribution in [2.45, 2.75) is 12.8 Å². The minimum atomic E-state index is -0.563. The van der Waals surface area contributed by atoms with E-state index in [-0.39, 0.29) is 17.3 Å². The fourth-order valence-electron chi connectivity index (χ4n) is 3.35. The summed E-state index contributed by atoms with van der Waals surface area (Å²) >= 11 is 0. The molecule has 0 aliphatic carbocycles. The minimum Gasteiger partial charge on any atom is -0.497 e. The summed E-state index contributed by atoms with van der Waals surface area (Å²) in [6.07, 6.45) is 0. The molecule has 0 fully saturated rings. The van der Waals surface area contributed by atoms with Crippen LogP contribution in [-0.2, 0) is 0 Å². The standard InChI is InChI=1S/C20H18N4O4/c1-10-4-6-15(27-10)16-13(9-21)19(22)28-20-17(16)18(23-24-20)12-8-11(25-2)5-7-14(12)26-3/h4-8,16H,22H2,1-3H3,(H,23,24)/t16-/m1/s1. The Labute approximate surface area is 161 Å². The molecule has 4 rings (SSSR count). The first-order chi connectivity index (χ1) is 13.6.